The summed E-state index contributed by atoms with van der Waals surface area (Å²) in [6.45, 7) is 4.31. The number of aromatic hydroxyl groups is 1. The molecule has 0 aliphatic heterocycles. The maximum absolute atomic E-state index is 11.4. The maximum atomic E-state index is 11.4. The van der Waals surface area contributed by atoms with Crippen LogP contribution in [0.25, 0.3) is 0 Å². The standard InChI is InChI=1S/C14H20O2/c1-3-4-5-7-11(2)12-8-6-9-13(15)14(16)10-12/h6,8-11H,3-5,7H2,1-2H3,(H,15,16). The lowest BCUT2D eigenvalue weighted by Crippen LogP contribution is -1.99. The fourth-order valence-electron chi connectivity index (χ4n) is 1.78. The zero-order valence-corrected chi connectivity index (χ0v) is 10.1. The number of hydrogen-bond donors (Lipinski definition) is 1. The van der Waals surface area contributed by atoms with Gasteiger partial charge in [-0.3, -0.25) is 4.79 Å². The molecule has 1 aromatic carbocycles. The first-order valence-electron chi connectivity index (χ1n) is 5.98. The molecule has 0 heterocycles. The fraction of sp³-hybridized carbons (Fsp3) is 0.500. The van der Waals surface area contributed by atoms with Gasteiger partial charge in [0.1, 0.15) is 0 Å². The van der Waals surface area contributed by atoms with Gasteiger partial charge < -0.3 is 5.11 Å². The zero-order valence-electron chi connectivity index (χ0n) is 10.1. The van der Waals surface area contributed by atoms with Gasteiger partial charge in [0.2, 0.25) is 5.43 Å². The molecule has 2 nitrogen and oxygen atoms in total. The van der Waals surface area contributed by atoms with Gasteiger partial charge in [-0.2, -0.15) is 0 Å². The lowest BCUT2D eigenvalue weighted by Gasteiger charge is -2.09. The predicted molar refractivity (Wildman–Crippen MR) is 66.9 cm³/mol. The van der Waals surface area contributed by atoms with Crippen molar-refractivity contribution in [3.63, 3.8) is 0 Å². The summed E-state index contributed by atoms with van der Waals surface area (Å²) in [5, 5.41) is 9.29. The van der Waals surface area contributed by atoms with E-state index in [0.29, 0.717) is 5.92 Å². The van der Waals surface area contributed by atoms with Crippen molar-refractivity contribution in [3.05, 3.63) is 40.1 Å². The van der Waals surface area contributed by atoms with Crippen LogP contribution in [0.1, 0.15) is 51.0 Å². The summed E-state index contributed by atoms with van der Waals surface area (Å²) < 4.78 is 0. The Balaban J connectivity index is 2.76. The highest BCUT2D eigenvalue weighted by Crippen LogP contribution is 2.20. The van der Waals surface area contributed by atoms with Crippen molar-refractivity contribution in [1.82, 2.24) is 0 Å². The quantitative estimate of drug-likeness (QED) is 0.772. The summed E-state index contributed by atoms with van der Waals surface area (Å²) in [4.78, 5) is 11.4. The molecule has 0 bridgehead atoms. The number of hydrogen-bond acceptors (Lipinski definition) is 2. The summed E-state index contributed by atoms with van der Waals surface area (Å²) >= 11 is 0. The number of rotatable bonds is 5. The molecular weight excluding hydrogens is 200 g/mol. The molecule has 88 valence electrons. The van der Waals surface area contributed by atoms with Gasteiger partial charge in [0, 0.05) is 0 Å². The summed E-state index contributed by atoms with van der Waals surface area (Å²) in [7, 11) is 0. The van der Waals surface area contributed by atoms with E-state index in [2.05, 4.69) is 13.8 Å². The second-order valence-corrected chi connectivity index (χ2v) is 4.32. The Hall–Kier alpha value is -1.31. The summed E-state index contributed by atoms with van der Waals surface area (Å²) in [6.07, 6.45) is 4.73. The smallest absolute Gasteiger partial charge is 0.220 e. The Labute approximate surface area is 97.0 Å². The summed E-state index contributed by atoms with van der Waals surface area (Å²) in [5.41, 5.74) is 0.726. The molecule has 0 saturated carbocycles. The molecule has 0 aliphatic rings. The van der Waals surface area contributed by atoms with Crippen LogP contribution in [-0.4, -0.2) is 5.11 Å². The van der Waals surface area contributed by atoms with Gasteiger partial charge in [-0.15, -0.1) is 0 Å². The summed E-state index contributed by atoms with van der Waals surface area (Å²) in [5.74, 6) is 0.207. The second-order valence-electron chi connectivity index (χ2n) is 4.32. The van der Waals surface area contributed by atoms with Crippen LogP contribution in [0.4, 0.5) is 0 Å². The van der Waals surface area contributed by atoms with Crippen LogP contribution in [0.3, 0.4) is 0 Å². The molecule has 0 amide bonds. The van der Waals surface area contributed by atoms with Gasteiger partial charge in [0.15, 0.2) is 5.75 Å². The highest BCUT2D eigenvalue weighted by molar-refractivity contribution is 5.25. The first kappa shape index (κ1) is 12.8. The van der Waals surface area contributed by atoms with Crippen LogP contribution in [0.2, 0.25) is 0 Å². The molecule has 1 rings (SSSR count). The average molecular weight is 220 g/mol. The van der Waals surface area contributed by atoms with Crippen molar-refractivity contribution in [2.24, 2.45) is 0 Å². The Bertz CT molecular complexity index is 385. The molecule has 0 spiro atoms. The molecule has 2 heteroatoms. The molecule has 1 unspecified atom stereocenters. The molecule has 0 saturated heterocycles. The Kier molecular flexibility index (Phi) is 5.03. The highest BCUT2D eigenvalue weighted by atomic mass is 16.3. The first-order valence-corrected chi connectivity index (χ1v) is 5.98. The molecule has 0 aromatic heterocycles. The van der Waals surface area contributed by atoms with E-state index in [4.69, 9.17) is 0 Å². The van der Waals surface area contributed by atoms with Crippen LogP contribution < -0.4 is 5.43 Å². The van der Waals surface area contributed by atoms with Crippen LogP contribution in [0.15, 0.2) is 29.1 Å². The molecular formula is C14H20O2. The SMILES string of the molecule is CCCCCC(C)c1cccc(O)c(=O)c1. The molecule has 1 N–H and O–H groups in total. The minimum absolute atomic E-state index is 0.174. The lowest BCUT2D eigenvalue weighted by atomic mass is 9.96. The van der Waals surface area contributed by atoms with Crippen LogP contribution in [0, 0.1) is 0 Å². The van der Waals surface area contributed by atoms with E-state index in [1.165, 1.54) is 25.3 Å². The highest BCUT2D eigenvalue weighted by Gasteiger charge is 2.05. The maximum Gasteiger partial charge on any atom is 0.220 e. The largest absolute Gasteiger partial charge is 0.504 e. The molecule has 16 heavy (non-hydrogen) atoms. The van der Waals surface area contributed by atoms with Crippen molar-refractivity contribution < 1.29 is 5.11 Å². The fourth-order valence-corrected chi connectivity index (χ4v) is 1.78. The predicted octanol–water partition coefficient (Wildman–Crippen LogP) is 3.44. The van der Waals surface area contributed by atoms with Gasteiger partial charge in [-0.1, -0.05) is 45.2 Å². The Morgan fingerprint density at radius 3 is 2.75 bits per heavy atom. The van der Waals surface area contributed by atoms with Crippen LogP contribution in [0.5, 0.6) is 5.75 Å². The van der Waals surface area contributed by atoms with Crippen molar-refractivity contribution >= 4 is 0 Å². The minimum atomic E-state index is -0.289. The average Bonchev–Trinajstić information content (AvgIpc) is 2.42. The third kappa shape index (κ3) is 3.69. The van der Waals surface area contributed by atoms with E-state index in [0.717, 1.165) is 12.0 Å². The van der Waals surface area contributed by atoms with Gasteiger partial charge in [-0.25, -0.2) is 0 Å². The van der Waals surface area contributed by atoms with Crippen molar-refractivity contribution in [1.29, 1.82) is 0 Å². The Morgan fingerprint density at radius 1 is 1.31 bits per heavy atom. The third-order valence-electron chi connectivity index (χ3n) is 2.90. The van der Waals surface area contributed by atoms with Gasteiger partial charge in [-0.05, 0) is 30.0 Å². The van der Waals surface area contributed by atoms with E-state index in [1.807, 2.05) is 6.07 Å². The van der Waals surface area contributed by atoms with Crippen molar-refractivity contribution in [2.45, 2.75) is 45.4 Å². The van der Waals surface area contributed by atoms with Gasteiger partial charge >= 0.3 is 0 Å². The van der Waals surface area contributed by atoms with Crippen molar-refractivity contribution in [3.8, 4) is 5.75 Å². The first-order chi connectivity index (χ1) is 7.65. The lowest BCUT2D eigenvalue weighted by molar-refractivity contribution is 0.471. The van der Waals surface area contributed by atoms with E-state index < -0.39 is 0 Å². The summed E-state index contributed by atoms with van der Waals surface area (Å²) in [6, 6.07) is 6.65. The van der Waals surface area contributed by atoms with E-state index >= 15 is 0 Å². The van der Waals surface area contributed by atoms with Gasteiger partial charge in [0.05, 0.1) is 0 Å². The van der Waals surface area contributed by atoms with Crippen LogP contribution >= 0.6 is 0 Å². The molecule has 0 fully saturated rings. The van der Waals surface area contributed by atoms with Crippen LogP contribution in [-0.2, 0) is 0 Å². The molecule has 0 radical (unpaired) electrons. The zero-order chi connectivity index (χ0) is 12.0. The monoisotopic (exact) mass is 220 g/mol. The van der Waals surface area contributed by atoms with Crippen molar-refractivity contribution in [2.75, 3.05) is 0 Å². The third-order valence-corrected chi connectivity index (χ3v) is 2.90. The molecule has 1 atom stereocenters. The van der Waals surface area contributed by atoms with Gasteiger partial charge in [0.25, 0.3) is 0 Å². The number of unbranched alkanes of at least 4 members (excludes halogenated alkanes) is 2. The topological polar surface area (TPSA) is 37.3 Å². The minimum Gasteiger partial charge on any atom is -0.504 e. The Morgan fingerprint density at radius 2 is 2.06 bits per heavy atom. The molecule has 1 aromatic rings. The molecule has 0 aliphatic carbocycles. The second kappa shape index (κ2) is 6.31. The normalized spacial score (nSPS) is 12.4. The van der Waals surface area contributed by atoms with E-state index in [1.54, 1.807) is 12.1 Å². The van der Waals surface area contributed by atoms with E-state index in [-0.39, 0.29) is 11.2 Å². The van der Waals surface area contributed by atoms with E-state index in [9.17, 15) is 9.90 Å².